The Bertz CT molecular complexity index is 428. The molecule has 5 nitrogen and oxygen atoms in total. The molecular weight excluding hydrogens is 210 g/mol. The predicted molar refractivity (Wildman–Crippen MR) is 56.2 cm³/mol. The molecular formula is C11H13NO4. The van der Waals surface area contributed by atoms with Gasteiger partial charge in [-0.15, -0.1) is 0 Å². The highest BCUT2D eigenvalue weighted by molar-refractivity contribution is 5.84. The van der Waals surface area contributed by atoms with Crippen LogP contribution in [0, 0.1) is 0 Å². The van der Waals surface area contributed by atoms with Crippen molar-refractivity contribution in [2.45, 2.75) is 12.5 Å². The number of hydrogen-bond donors (Lipinski definition) is 2. The van der Waals surface area contributed by atoms with Gasteiger partial charge in [-0.2, -0.15) is 0 Å². The van der Waals surface area contributed by atoms with Gasteiger partial charge in [-0.25, -0.2) is 0 Å². The van der Waals surface area contributed by atoms with Crippen LogP contribution in [0.2, 0.25) is 0 Å². The topological polar surface area (TPSA) is 81.8 Å². The van der Waals surface area contributed by atoms with Crippen molar-refractivity contribution in [1.29, 1.82) is 0 Å². The summed E-state index contributed by atoms with van der Waals surface area (Å²) in [7, 11) is 0. The summed E-state index contributed by atoms with van der Waals surface area (Å²) in [4.78, 5) is 11.1. The Morgan fingerprint density at radius 1 is 1.38 bits per heavy atom. The van der Waals surface area contributed by atoms with Crippen LogP contribution in [0.1, 0.15) is 12.5 Å². The van der Waals surface area contributed by atoms with Crippen LogP contribution in [-0.4, -0.2) is 24.2 Å². The second-order valence-electron chi connectivity index (χ2n) is 3.79. The Labute approximate surface area is 92.8 Å². The number of aliphatic hydroxyl groups is 1. The van der Waals surface area contributed by atoms with Crippen molar-refractivity contribution in [1.82, 2.24) is 0 Å². The Balaban J connectivity index is 2.40. The van der Waals surface area contributed by atoms with Gasteiger partial charge in [0, 0.05) is 0 Å². The van der Waals surface area contributed by atoms with Crippen molar-refractivity contribution >= 4 is 5.91 Å². The predicted octanol–water partition coefficient (Wildman–Crippen LogP) is 0.151. The van der Waals surface area contributed by atoms with Crippen LogP contribution in [0.5, 0.6) is 11.5 Å². The molecule has 0 bridgehead atoms. The van der Waals surface area contributed by atoms with E-state index in [-0.39, 0.29) is 0 Å². The summed E-state index contributed by atoms with van der Waals surface area (Å²) in [5.74, 6) is 0.324. The molecule has 0 saturated carbocycles. The van der Waals surface area contributed by atoms with E-state index < -0.39 is 11.5 Å². The summed E-state index contributed by atoms with van der Waals surface area (Å²) in [6, 6.07) is 4.82. The molecule has 1 unspecified atom stereocenters. The van der Waals surface area contributed by atoms with Crippen LogP contribution in [0.4, 0.5) is 0 Å². The first-order chi connectivity index (χ1) is 7.51. The molecule has 0 fully saturated rings. The minimum absolute atomic E-state index is 0.393. The number of nitrogens with two attached hydrogens (primary N) is 1. The first-order valence-corrected chi connectivity index (χ1v) is 4.94. The number of fused-ring (bicyclic) bond motifs is 1. The van der Waals surface area contributed by atoms with E-state index in [0.717, 1.165) is 0 Å². The fourth-order valence-electron chi connectivity index (χ4n) is 1.49. The smallest absolute Gasteiger partial charge is 0.253 e. The van der Waals surface area contributed by atoms with E-state index in [0.29, 0.717) is 30.3 Å². The van der Waals surface area contributed by atoms with E-state index in [1.54, 1.807) is 18.2 Å². The van der Waals surface area contributed by atoms with Gasteiger partial charge >= 0.3 is 0 Å². The summed E-state index contributed by atoms with van der Waals surface area (Å²) in [6.07, 6.45) is 0. The summed E-state index contributed by atoms with van der Waals surface area (Å²) in [5, 5.41) is 9.89. The van der Waals surface area contributed by atoms with Crippen molar-refractivity contribution in [3.8, 4) is 11.5 Å². The third-order valence-corrected chi connectivity index (χ3v) is 2.58. The molecule has 1 aliphatic heterocycles. The van der Waals surface area contributed by atoms with Crippen LogP contribution < -0.4 is 15.2 Å². The van der Waals surface area contributed by atoms with Crippen molar-refractivity contribution in [2.75, 3.05) is 13.2 Å². The van der Waals surface area contributed by atoms with Crippen molar-refractivity contribution < 1.29 is 19.4 Å². The van der Waals surface area contributed by atoms with Gasteiger partial charge in [0.15, 0.2) is 17.1 Å². The second kappa shape index (κ2) is 3.68. The molecule has 1 aliphatic rings. The highest BCUT2D eigenvalue weighted by Crippen LogP contribution is 2.34. The number of rotatable bonds is 2. The highest BCUT2D eigenvalue weighted by Gasteiger charge is 2.31. The Hall–Kier alpha value is -1.75. The van der Waals surface area contributed by atoms with Gasteiger partial charge in [-0.05, 0) is 24.6 Å². The number of carbonyl (C=O) groups is 1. The van der Waals surface area contributed by atoms with Gasteiger partial charge in [0.1, 0.15) is 13.2 Å². The van der Waals surface area contributed by atoms with Gasteiger partial charge in [0.25, 0.3) is 5.91 Å². The molecule has 16 heavy (non-hydrogen) atoms. The molecule has 1 atom stereocenters. The Kier molecular flexibility index (Phi) is 2.47. The van der Waals surface area contributed by atoms with Crippen molar-refractivity contribution in [3.63, 3.8) is 0 Å². The second-order valence-corrected chi connectivity index (χ2v) is 3.79. The minimum atomic E-state index is -1.70. The zero-order valence-electron chi connectivity index (χ0n) is 8.90. The molecule has 0 radical (unpaired) electrons. The quantitative estimate of drug-likeness (QED) is 0.747. The maximum Gasteiger partial charge on any atom is 0.253 e. The van der Waals surface area contributed by atoms with E-state index in [4.69, 9.17) is 15.2 Å². The van der Waals surface area contributed by atoms with Crippen molar-refractivity contribution in [2.24, 2.45) is 5.73 Å². The minimum Gasteiger partial charge on any atom is -0.486 e. The number of hydrogen-bond acceptors (Lipinski definition) is 4. The largest absolute Gasteiger partial charge is 0.486 e. The fraction of sp³-hybridized carbons (Fsp3) is 0.364. The number of amides is 1. The average Bonchev–Trinajstić information content (AvgIpc) is 2.28. The molecule has 0 aliphatic carbocycles. The molecule has 1 aromatic carbocycles. The summed E-state index contributed by atoms with van der Waals surface area (Å²) in [6.45, 7) is 2.30. The number of primary amides is 1. The molecule has 1 amide bonds. The first kappa shape index (κ1) is 10.8. The fourth-order valence-corrected chi connectivity index (χ4v) is 1.49. The zero-order chi connectivity index (χ0) is 11.8. The van der Waals surface area contributed by atoms with Crippen molar-refractivity contribution in [3.05, 3.63) is 23.8 Å². The van der Waals surface area contributed by atoms with Gasteiger partial charge in [0.2, 0.25) is 0 Å². The highest BCUT2D eigenvalue weighted by atomic mass is 16.6. The Morgan fingerprint density at radius 3 is 2.62 bits per heavy atom. The summed E-state index contributed by atoms with van der Waals surface area (Å²) < 4.78 is 10.7. The average molecular weight is 223 g/mol. The summed E-state index contributed by atoms with van der Waals surface area (Å²) >= 11 is 0. The van der Waals surface area contributed by atoms with Crippen LogP contribution in [0.25, 0.3) is 0 Å². The standard InChI is InChI=1S/C11H13NO4/c1-11(14,10(12)13)7-2-3-8-9(6-7)16-5-4-15-8/h2-3,6,14H,4-5H2,1H3,(H2,12,13). The third-order valence-electron chi connectivity index (χ3n) is 2.58. The van der Waals surface area contributed by atoms with E-state index in [9.17, 15) is 9.90 Å². The lowest BCUT2D eigenvalue weighted by Crippen LogP contribution is -2.38. The van der Waals surface area contributed by atoms with E-state index in [2.05, 4.69) is 0 Å². The number of carbonyl (C=O) groups excluding carboxylic acids is 1. The summed E-state index contributed by atoms with van der Waals surface area (Å²) in [5.41, 5.74) is 3.81. The molecule has 5 heteroatoms. The maximum atomic E-state index is 11.1. The molecule has 0 saturated heterocycles. The molecule has 0 aromatic heterocycles. The SMILES string of the molecule is CC(O)(C(N)=O)c1ccc2c(c1)OCCO2. The van der Waals surface area contributed by atoms with Crippen LogP contribution in [-0.2, 0) is 10.4 Å². The van der Waals surface area contributed by atoms with Crippen LogP contribution in [0.15, 0.2) is 18.2 Å². The first-order valence-electron chi connectivity index (χ1n) is 4.94. The number of ether oxygens (including phenoxy) is 2. The van der Waals surface area contributed by atoms with Gasteiger partial charge in [-0.1, -0.05) is 6.07 Å². The van der Waals surface area contributed by atoms with Gasteiger partial charge in [-0.3, -0.25) is 4.79 Å². The van der Waals surface area contributed by atoms with E-state index in [1.165, 1.54) is 6.92 Å². The lowest BCUT2D eigenvalue weighted by atomic mass is 9.95. The molecule has 2 rings (SSSR count). The maximum absolute atomic E-state index is 11.1. The molecule has 3 N–H and O–H groups in total. The van der Waals surface area contributed by atoms with Gasteiger partial charge < -0.3 is 20.3 Å². The van der Waals surface area contributed by atoms with E-state index >= 15 is 0 Å². The molecule has 1 aromatic rings. The molecule has 1 heterocycles. The van der Waals surface area contributed by atoms with Crippen LogP contribution in [0.3, 0.4) is 0 Å². The van der Waals surface area contributed by atoms with Gasteiger partial charge in [0.05, 0.1) is 0 Å². The molecule has 86 valence electrons. The zero-order valence-corrected chi connectivity index (χ0v) is 8.90. The number of benzene rings is 1. The van der Waals surface area contributed by atoms with Crippen LogP contribution >= 0.6 is 0 Å². The normalized spacial score (nSPS) is 17.6. The Morgan fingerprint density at radius 2 is 2.00 bits per heavy atom. The monoisotopic (exact) mass is 223 g/mol. The lowest BCUT2D eigenvalue weighted by Gasteiger charge is -2.23. The lowest BCUT2D eigenvalue weighted by molar-refractivity contribution is -0.135. The van der Waals surface area contributed by atoms with E-state index in [1.807, 2.05) is 0 Å². The molecule has 0 spiro atoms. The third kappa shape index (κ3) is 1.69.